The number of carbonyl (C=O) groups is 1. The summed E-state index contributed by atoms with van der Waals surface area (Å²) in [6.07, 6.45) is 10.2. The third kappa shape index (κ3) is 3.25. The van der Waals surface area contributed by atoms with Crippen molar-refractivity contribution in [2.75, 3.05) is 0 Å². The fourth-order valence-corrected chi connectivity index (χ4v) is 1.92. The molecule has 0 aromatic heterocycles. The van der Waals surface area contributed by atoms with Crippen molar-refractivity contribution in [3.63, 3.8) is 0 Å². The standard InChI is InChI=1S/C16H16O3/c17-16(12-5-2-1-3-6-12)19-15-8-4-7-14(11-15)18-13-9-10-13/h2,4-8,11,13H,1,3,9-10H2. The monoisotopic (exact) mass is 256 g/mol. The number of carbonyl (C=O) groups excluding carboxylic acids is 1. The van der Waals surface area contributed by atoms with Gasteiger partial charge < -0.3 is 9.47 Å². The van der Waals surface area contributed by atoms with E-state index in [1.54, 1.807) is 12.1 Å². The van der Waals surface area contributed by atoms with Gasteiger partial charge >= 0.3 is 5.97 Å². The molecule has 3 nitrogen and oxygen atoms in total. The van der Waals surface area contributed by atoms with Crippen molar-refractivity contribution in [3.05, 3.63) is 48.1 Å². The van der Waals surface area contributed by atoms with Gasteiger partial charge in [-0.2, -0.15) is 0 Å². The zero-order valence-electron chi connectivity index (χ0n) is 10.7. The topological polar surface area (TPSA) is 35.5 Å². The Labute approximate surface area is 112 Å². The van der Waals surface area contributed by atoms with E-state index < -0.39 is 0 Å². The summed E-state index contributed by atoms with van der Waals surface area (Å²) in [5.74, 6) is 0.989. The first kappa shape index (κ1) is 12.0. The molecule has 1 saturated carbocycles. The minimum absolute atomic E-state index is 0.306. The Kier molecular flexibility index (Phi) is 3.36. The van der Waals surface area contributed by atoms with Crippen LogP contribution in [-0.2, 0) is 4.79 Å². The van der Waals surface area contributed by atoms with E-state index in [4.69, 9.17) is 9.47 Å². The van der Waals surface area contributed by atoms with Gasteiger partial charge in [0, 0.05) is 6.07 Å². The highest BCUT2D eigenvalue weighted by Crippen LogP contribution is 2.29. The van der Waals surface area contributed by atoms with E-state index in [-0.39, 0.29) is 5.97 Å². The highest BCUT2D eigenvalue weighted by molar-refractivity contribution is 5.93. The molecular formula is C16H16O3. The van der Waals surface area contributed by atoms with Crippen LogP contribution < -0.4 is 9.47 Å². The van der Waals surface area contributed by atoms with E-state index in [1.807, 2.05) is 30.4 Å². The number of hydrogen-bond acceptors (Lipinski definition) is 3. The molecule has 0 N–H and O–H groups in total. The first-order valence-electron chi connectivity index (χ1n) is 6.67. The minimum Gasteiger partial charge on any atom is -0.490 e. The lowest BCUT2D eigenvalue weighted by molar-refractivity contribution is -0.129. The Bertz CT molecular complexity index is 539. The molecule has 1 aromatic rings. The van der Waals surface area contributed by atoms with Crippen LogP contribution in [0.25, 0.3) is 0 Å². The minimum atomic E-state index is -0.306. The van der Waals surface area contributed by atoms with Crippen LogP contribution in [0.3, 0.4) is 0 Å². The highest BCUT2D eigenvalue weighted by Gasteiger charge is 2.23. The molecular weight excluding hydrogens is 240 g/mol. The SMILES string of the molecule is O=C(Oc1cccc(OC2CC2)c1)C1=CCCC=C1. The Morgan fingerprint density at radius 2 is 2.00 bits per heavy atom. The molecule has 0 amide bonds. The van der Waals surface area contributed by atoms with E-state index >= 15 is 0 Å². The zero-order valence-corrected chi connectivity index (χ0v) is 10.7. The number of ether oxygens (including phenoxy) is 2. The van der Waals surface area contributed by atoms with Gasteiger partial charge in [-0.1, -0.05) is 24.3 Å². The van der Waals surface area contributed by atoms with E-state index in [0.717, 1.165) is 31.4 Å². The Balaban J connectivity index is 1.66. The van der Waals surface area contributed by atoms with Gasteiger partial charge in [-0.15, -0.1) is 0 Å². The molecule has 0 radical (unpaired) electrons. The van der Waals surface area contributed by atoms with E-state index in [1.165, 1.54) is 0 Å². The predicted molar refractivity (Wildman–Crippen MR) is 72.2 cm³/mol. The Morgan fingerprint density at radius 1 is 1.16 bits per heavy atom. The second kappa shape index (κ2) is 5.31. The zero-order chi connectivity index (χ0) is 13.1. The highest BCUT2D eigenvalue weighted by atomic mass is 16.5. The fraction of sp³-hybridized carbons (Fsp3) is 0.312. The molecule has 2 aliphatic carbocycles. The Hall–Kier alpha value is -2.03. The molecule has 3 heteroatoms. The second-order valence-electron chi connectivity index (χ2n) is 4.82. The number of rotatable bonds is 4. The first-order chi connectivity index (χ1) is 9.31. The van der Waals surface area contributed by atoms with Crippen molar-refractivity contribution < 1.29 is 14.3 Å². The molecule has 0 saturated heterocycles. The van der Waals surface area contributed by atoms with Crippen LogP contribution in [0.2, 0.25) is 0 Å². The van der Waals surface area contributed by atoms with Gasteiger partial charge in [0.2, 0.25) is 0 Å². The number of benzene rings is 1. The fourth-order valence-electron chi connectivity index (χ4n) is 1.92. The summed E-state index contributed by atoms with van der Waals surface area (Å²) >= 11 is 0. The predicted octanol–water partition coefficient (Wildman–Crippen LogP) is 3.41. The van der Waals surface area contributed by atoms with Gasteiger partial charge in [0.25, 0.3) is 0 Å². The molecule has 1 fully saturated rings. The average molecular weight is 256 g/mol. The smallest absolute Gasteiger partial charge is 0.343 e. The van der Waals surface area contributed by atoms with Crippen molar-refractivity contribution in [1.82, 2.24) is 0 Å². The van der Waals surface area contributed by atoms with Crippen molar-refractivity contribution in [3.8, 4) is 11.5 Å². The Morgan fingerprint density at radius 3 is 2.74 bits per heavy atom. The molecule has 19 heavy (non-hydrogen) atoms. The molecule has 98 valence electrons. The average Bonchev–Trinajstić information content (AvgIpc) is 3.24. The quantitative estimate of drug-likeness (QED) is 0.611. The lowest BCUT2D eigenvalue weighted by Crippen LogP contribution is -2.11. The van der Waals surface area contributed by atoms with Crippen LogP contribution in [0.1, 0.15) is 25.7 Å². The molecule has 0 aliphatic heterocycles. The largest absolute Gasteiger partial charge is 0.490 e. The summed E-state index contributed by atoms with van der Waals surface area (Å²) in [7, 11) is 0. The van der Waals surface area contributed by atoms with Gasteiger partial charge in [-0.3, -0.25) is 0 Å². The summed E-state index contributed by atoms with van der Waals surface area (Å²) in [4.78, 5) is 11.9. The maximum Gasteiger partial charge on any atom is 0.343 e. The van der Waals surface area contributed by atoms with Gasteiger partial charge in [0.15, 0.2) is 0 Å². The molecule has 3 rings (SSSR count). The van der Waals surface area contributed by atoms with E-state index in [0.29, 0.717) is 17.4 Å². The lowest BCUT2D eigenvalue weighted by atomic mass is 10.1. The molecule has 0 unspecified atom stereocenters. The summed E-state index contributed by atoms with van der Waals surface area (Å²) < 4.78 is 11.0. The van der Waals surface area contributed by atoms with Crippen LogP contribution in [0, 0.1) is 0 Å². The lowest BCUT2D eigenvalue weighted by Gasteiger charge is -2.09. The van der Waals surface area contributed by atoms with Crippen LogP contribution >= 0.6 is 0 Å². The molecule has 2 aliphatic rings. The van der Waals surface area contributed by atoms with Gasteiger partial charge in [0.1, 0.15) is 11.5 Å². The second-order valence-corrected chi connectivity index (χ2v) is 4.82. The molecule has 0 spiro atoms. The first-order valence-corrected chi connectivity index (χ1v) is 6.67. The third-order valence-electron chi connectivity index (χ3n) is 3.07. The van der Waals surface area contributed by atoms with Crippen molar-refractivity contribution in [1.29, 1.82) is 0 Å². The van der Waals surface area contributed by atoms with E-state index in [9.17, 15) is 4.79 Å². The van der Waals surface area contributed by atoms with Crippen LogP contribution in [0.15, 0.2) is 48.1 Å². The number of allylic oxidation sites excluding steroid dienone is 2. The normalized spacial score (nSPS) is 17.8. The van der Waals surface area contributed by atoms with Gasteiger partial charge in [0.05, 0.1) is 11.7 Å². The summed E-state index contributed by atoms with van der Waals surface area (Å²) in [6, 6.07) is 7.26. The van der Waals surface area contributed by atoms with Crippen LogP contribution in [0.5, 0.6) is 11.5 Å². The maximum absolute atomic E-state index is 11.9. The summed E-state index contributed by atoms with van der Waals surface area (Å²) in [5.41, 5.74) is 0.625. The molecule has 0 atom stereocenters. The summed E-state index contributed by atoms with van der Waals surface area (Å²) in [6.45, 7) is 0. The molecule has 0 bridgehead atoms. The maximum atomic E-state index is 11.9. The van der Waals surface area contributed by atoms with Crippen molar-refractivity contribution >= 4 is 5.97 Å². The van der Waals surface area contributed by atoms with Crippen molar-refractivity contribution in [2.24, 2.45) is 0 Å². The van der Waals surface area contributed by atoms with Gasteiger partial charge in [-0.25, -0.2) is 4.79 Å². The molecule has 1 aromatic carbocycles. The van der Waals surface area contributed by atoms with Crippen LogP contribution in [0.4, 0.5) is 0 Å². The third-order valence-corrected chi connectivity index (χ3v) is 3.07. The van der Waals surface area contributed by atoms with Crippen LogP contribution in [-0.4, -0.2) is 12.1 Å². The van der Waals surface area contributed by atoms with Crippen molar-refractivity contribution in [2.45, 2.75) is 31.8 Å². The van der Waals surface area contributed by atoms with Gasteiger partial charge in [-0.05, 0) is 37.8 Å². The number of hydrogen-bond donors (Lipinski definition) is 0. The summed E-state index contributed by atoms with van der Waals surface area (Å²) in [5, 5.41) is 0. The van der Waals surface area contributed by atoms with E-state index in [2.05, 4.69) is 0 Å². The number of esters is 1. The molecule has 0 heterocycles.